The van der Waals surface area contributed by atoms with E-state index in [2.05, 4.69) is 9.97 Å². The van der Waals surface area contributed by atoms with Crippen LogP contribution in [0.4, 0.5) is 0 Å². The minimum atomic E-state index is -1.18. The van der Waals surface area contributed by atoms with Crippen molar-refractivity contribution in [3.63, 3.8) is 0 Å². The number of nitrogens with one attached hydrogen (secondary N) is 1. The number of aromatic amines is 1. The minimum Gasteiger partial charge on any atom is -0.481 e. The summed E-state index contributed by atoms with van der Waals surface area (Å²) in [6, 6.07) is 8.33. The van der Waals surface area contributed by atoms with Crippen LogP contribution in [0.2, 0.25) is 5.02 Å². The Morgan fingerprint density at radius 1 is 1.33 bits per heavy atom. The highest BCUT2D eigenvalue weighted by molar-refractivity contribution is 8.01. The molecule has 2 aromatic heterocycles. The number of carbonyl (C=O) groups excluding carboxylic acids is 1. The van der Waals surface area contributed by atoms with Crippen molar-refractivity contribution in [2.75, 3.05) is 0 Å². The Morgan fingerprint density at radius 3 is 2.67 bits per heavy atom. The number of imidazole rings is 1. The summed E-state index contributed by atoms with van der Waals surface area (Å²) < 4.78 is -1.18. The van der Waals surface area contributed by atoms with E-state index in [0.29, 0.717) is 15.7 Å². The van der Waals surface area contributed by atoms with Gasteiger partial charge in [0.25, 0.3) is 0 Å². The lowest BCUT2D eigenvalue weighted by Gasteiger charge is -2.24. The van der Waals surface area contributed by atoms with Crippen LogP contribution in [-0.4, -0.2) is 31.6 Å². The summed E-state index contributed by atoms with van der Waals surface area (Å²) in [7, 11) is 0. The largest absolute Gasteiger partial charge is 0.481 e. The smallest absolute Gasteiger partial charge is 0.305 e. The lowest BCUT2D eigenvalue weighted by Crippen LogP contribution is -2.34. The Labute approximate surface area is 151 Å². The second kappa shape index (κ2) is 6.58. The molecule has 1 unspecified atom stereocenters. The van der Waals surface area contributed by atoms with Crippen LogP contribution in [0.3, 0.4) is 0 Å². The average Bonchev–Trinajstić information content (AvgIpc) is 3.07. The van der Waals surface area contributed by atoms with Gasteiger partial charge in [0.2, 0.25) is 0 Å². The fourth-order valence-electron chi connectivity index (χ4n) is 2.34. The number of H-pyrrole nitrogens is 1. The minimum absolute atomic E-state index is 0.272. The van der Waals surface area contributed by atoms with Gasteiger partial charge in [-0.05, 0) is 42.6 Å². The number of thioether (sulfide) groups is 1. The summed E-state index contributed by atoms with van der Waals surface area (Å²) in [5, 5.41) is 12.2. The van der Waals surface area contributed by atoms with Gasteiger partial charge in [0.05, 0.1) is 16.7 Å². The zero-order valence-corrected chi connectivity index (χ0v) is 15.0. The van der Waals surface area contributed by atoms with Gasteiger partial charge in [-0.3, -0.25) is 9.59 Å². The van der Waals surface area contributed by atoms with E-state index >= 15 is 0 Å². The first-order valence-electron chi connectivity index (χ1n) is 7.02. The first-order chi connectivity index (χ1) is 11.4. The van der Waals surface area contributed by atoms with E-state index < -0.39 is 10.7 Å². The van der Waals surface area contributed by atoms with Crippen molar-refractivity contribution in [2.24, 2.45) is 0 Å². The number of aliphatic carboxylic acids is 1. The molecule has 3 rings (SSSR count). The molecule has 0 saturated carbocycles. The Hall–Kier alpha value is -1.83. The van der Waals surface area contributed by atoms with Gasteiger partial charge in [0, 0.05) is 10.6 Å². The van der Waals surface area contributed by atoms with Gasteiger partial charge in [-0.2, -0.15) is 0 Å². The Kier molecular flexibility index (Phi) is 4.67. The predicted molar refractivity (Wildman–Crippen MR) is 96.3 cm³/mol. The molecule has 0 radical (unpaired) electrons. The predicted octanol–water partition coefficient (Wildman–Crippen LogP) is 4.49. The van der Waals surface area contributed by atoms with E-state index in [1.807, 2.05) is 11.4 Å². The van der Waals surface area contributed by atoms with Gasteiger partial charge in [0.1, 0.15) is 4.83 Å². The number of aromatic nitrogens is 2. The second-order valence-electron chi connectivity index (χ2n) is 5.42. The normalized spacial score (nSPS) is 13.8. The molecular formula is C16H13ClN2O3S2. The number of halogens is 1. The number of benzene rings is 1. The summed E-state index contributed by atoms with van der Waals surface area (Å²) in [4.78, 5) is 32.6. The molecule has 0 bridgehead atoms. The van der Waals surface area contributed by atoms with Gasteiger partial charge in [0.15, 0.2) is 10.9 Å². The van der Waals surface area contributed by atoms with E-state index in [1.165, 1.54) is 11.3 Å². The van der Waals surface area contributed by atoms with Crippen LogP contribution in [0.25, 0.3) is 10.3 Å². The molecule has 0 aliphatic heterocycles. The molecule has 8 heteroatoms. The Morgan fingerprint density at radius 2 is 2.04 bits per heavy atom. The van der Waals surface area contributed by atoms with Crippen molar-refractivity contribution < 1.29 is 14.7 Å². The molecule has 5 nitrogen and oxygen atoms in total. The lowest BCUT2D eigenvalue weighted by atomic mass is 9.95. The van der Waals surface area contributed by atoms with E-state index in [9.17, 15) is 14.7 Å². The topological polar surface area (TPSA) is 83.0 Å². The number of ketones is 1. The molecule has 1 aromatic carbocycles. The SMILES string of the molecule is CC(CC(=O)O)(Sc1nc2sccc2[nH]1)C(=O)c1ccc(Cl)cc1. The van der Waals surface area contributed by atoms with Gasteiger partial charge >= 0.3 is 5.97 Å². The maximum atomic E-state index is 12.9. The fraction of sp³-hybridized carbons (Fsp3) is 0.188. The number of Topliss-reactive ketones (excluding diaryl/α,β-unsaturated/α-hetero) is 1. The number of fused-ring (bicyclic) bond motifs is 1. The number of hydrogen-bond acceptors (Lipinski definition) is 5. The summed E-state index contributed by atoms with van der Waals surface area (Å²) in [5.74, 6) is -1.31. The molecule has 0 spiro atoms. The van der Waals surface area contributed by atoms with Gasteiger partial charge < -0.3 is 10.1 Å². The number of nitrogens with zero attached hydrogens (tertiary/aromatic N) is 1. The molecule has 124 valence electrons. The number of thiophene rings is 1. The maximum Gasteiger partial charge on any atom is 0.305 e. The molecule has 0 saturated heterocycles. The van der Waals surface area contributed by atoms with E-state index in [-0.39, 0.29) is 12.2 Å². The molecule has 1 atom stereocenters. The molecule has 0 fully saturated rings. The Balaban J connectivity index is 1.93. The van der Waals surface area contributed by atoms with Crippen molar-refractivity contribution in [3.8, 4) is 0 Å². The lowest BCUT2D eigenvalue weighted by molar-refractivity contribution is -0.137. The zero-order chi connectivity index (χ0) is 17.3. The van der Waals surface area contributed by atoms with Crippen molar-refractivity contribution in [1.82, 2.24) is 9.97 Å². The van der Waals surface area contributed by atoms with Crippen LogP contribution in [0.15, 0.2) is 40.9 Å². The third-order valence-electron chi connectivity index (χ3n) is 3.49. The number of rotatable bonds is 6. The van der Waals surface area contributed by atoms with E-state index in [0.717, 1.165) is 22.1 Å². The van der Waals surface area contributed by atoms with Crippen LogP contribution < -0.4 is 0 Å². The van der Waals surface area contributed by atoms with Crippen LogP contribution in [0.1, 0.15) is 23.7 Å². The summed E-state index contributed by atoms with van der Waals surface area (Å²) in [5.41, 5.74) is 1.29. The van der Waals surface area contributed by atoms with Crippen LogP contribution in [-0.2, 0) is 4.79 Å². The molecule has 2 heterocycles. The molecule has 2 N–H and O–H groups in total. The Bertz CT molecular complexity index is 875. The third kappa shape index (κ3) is 3.48. The molecule has 0 aliphatic carbocycles. The monoisotopic (exact) mass is 380 g/mol. The number of carboxylic acid groups (broad SMARTS) is 1. The summed E-state index contributed by atoms with van der Waals surface area (Å²) in [6.07, 6.45) is -0.312. The first kappa shape index (κ1) is 17.0. The van der Waals surface area contributed by atoms with Gasteiger partial charge in [-0.25, -0.2) is 4.98 Å². The molecule has 0 aliphatic rings. The maximum absolute atomic E-state index is 12.9. The van der Waals surface area contributed by atoms with Crippen molar-refractivity contribution >= 4 is 56.8 Å². The van der Waals surface area contributed by atoms with Crippen molar-refractivity contribution in [2.45, 2.75) is 23.2 Å². The van der Waals surface area contributed by atoms with Crippen LogP contribution in [0.5, 0.6) is 0 Å². The third-order valence-corrected chi connectivity index (χ3v) is 5.71. The quantitative estimate of drug-likeness (QED) is 0.486. The molecule has 24 heavy (non-hydrogen) atoms. The van der Waals surface area contributed by atoms with Crippen molar-refractivity contribution in [1.29, 1.82) is 0 Å². The van der Waals surface area contributed by atoms with E-state index in [4.69, 9.17) is 11.6 Å². The van der Waals surface area contributed by atoms with Crippen LogP contribution in [0, 0.1) is 0 Å². The zero-order valence-electron chi connectivity index (χ0n) is 12.6. The van der Waals surface area contributed by atoms with E-state index in [1.54, 1.807) is 31.2 Å². The highest BCUT2D eigenvalue weighted by Gasteiger charge is 2.38. The standard InChI is InChI=1S/C16H13ClN2O3S2/c1-16(8-12(20)21,13(22)9-2-4-10(17)5-3-9)24-15-18-11-6-7-23-14(11)19-15/h2-7H,8H2,1H3,(H,18,19)(H,20,21). The second-order valence-corrected chi connectivity index (χ2v) is 8.24. The summed E-state index contributed by atoms with van der Waals surface area (Å²) >= 11 is 8.47. The van der Waals surface area contributed by atoms with Crippen LogP contribution >= 0.6 is 34.7 Å². The van der Waals surface area contributed by atoms with Crippen molar-refractivity contribution in [3.05, 3.63) is 46.3 Å². The molecule has 3 aromatic rings. The molecular weight excluding hydrogens is 368 g/mol. The highest BCUT2D eigenvalue weighted by atomic mass is 35.5. The fourth-order valence-corrected chi connectivity index (χ4v) is 4.38. The average molecular weight is 381 g/mol. The molecule has 0 amide bonds. The number of carbonyl (C=O) groups is 2. The van der Waals surface area contributed by atoms with Gasteiger partial charge in [-0.15, -0.1) is 11.3 Å². The van der Waals surface area contributed by atoms with Gasteiger partial charge in [-0.1, -0.05) is 23.4 Å². The highest BCUT2D eigenvalue weighted by Crippen LogP contribution is 2.38. The summed E-state index contributed by atoms with van der Waals surface area (Å²) in [6.45, 7) is 1.62. The number of carboxylic acids is 1. The number of hydrogen-bond donors (Lipinski definition) is 2. The first-order valence-corrected chi connectivity index (χ1v) is 9.09.